The SMILES string of the molecule is C1=CCCC(N2C3CC(C4=CC5C(CC4)C4CC(C6C=C7C8CCC=CC8N(C8=CC9=C(CC8)OC8CCC=CC98)C7CC6)C=CC4N5C4=CC=CCC4)CC=C3C3CCC=CC32)=C1. The number of rotatable bonds is 5. The van der Waals surface area contributed by atoms with Crippen molar-refractivity contribution in [3.8, 4) is 0 Å². The van der Waals surface area contributed by atoms with Crippen molar-refractivity contribution in [2.75, 3.05) is 0 Å². The summed E-state index contributed by atoms with van der Waals surface area (Å²) < 4.78 is 6.58. The normalized spacial score (nSPS) is 43.4. The molecular weight excluding hydrogens is 779 g/mol. The molecular formula is C60H71N3O. The van der Waals surface area contributed by atoms with E-state index in [0.29, 0.717) is 71.9 Å². The Hall–Kier alpha value is -4.18. The van der Waals surface area contributed by atoms with E-state index in [-0.39, 0.29) is 0 Å². The van der Waals surface area contributed by atoms with Crippen molar-refractivity contribution in [1.29, 1.82) is 0 Å². The van der Waals surface area contributed by atoms with Crippen LogP contribution in [-0.4, -0.2) is 57.1 Å². The molecule has 4 heteroatoms. The molecule has 15 unspecified atom stereocenters. The molecule has 10 aliphatic carbocycles. The molecule has 4 nitrogen and oxygen atoms in total. The predicted octanol–water partition coefficient (Wildman–Crippen LogP) is 13.0. The van der Waals surface area contributed by atoms with Crippen molar-refractivity contribution in [1.82, 2.24) is 14.7 Å². The first-order valence-electron chi connectivity index (χ1n) is 26.7. The number of fused-ring (bicyclic) bond motifs is 11. The highest BCUT2D eigenvalue weighted by Gasteiger charge is 2.54. The molecule has 3 fully saturated rings. The average molecular weight is 850 g/mol. The number of nitrogens with zero attached hydrogens (tertiary/aromatic N) is 3. The second-order valence-corrected chi connectivity index (χ2v) is 22.6. The summed E-state index contributed by atoms with van der Waals surface area (Å²) in [6.45, 7) is 0. The number of hydrogen-bond donors (Lipinski definition) is 0. The third-order valence-electron chi connectivity index (χ3n) is 19.7. The molecule has 3 saturated heterocycles. The Bertz CT molecular complexity index is 2350. The van der Waals surface area contributed by atoms with Gasteiger partial charge in [0.25, 0.3) is 0 Å². The molecule has 0 saturated carbocycles. The van der Waals surface area contributed by atoms with Crippen molar-refractivity contribution in [3.05, 3.63) is 155 Å². The molecule has 14 rings (SSSR count). The zero-order valence-corrected chi connectivity index (χ0v) is 38.2. The Kier molecular flexibility index (Phi) is 9.59. The van der Waals surface area contributed by atoms with E-state index in [1.54, 1.807) is 28.2 Å². The molecule has 14 aliphatic rings. The van der Waals surface area contributed by atoms with E-state index < -0.39 is 0 Å². The summed E-state index contributed by atoms with van der Waals surface area (Å²) in [5.74, 6) is 6.68. The van der Waals surface area contributed by atoms with Gasteiger partial charge in [0.15, 0.2) is 0 Å². The van der Waals surface area contributed by atoms with Gasteiger partial charge in [-0.3, -0.25) is 0 Å². The van der Waals surface area contributed by atoms with E-state index in [4.69, 9.17) is 4.74 Å². The second kappa shape index (κ2) is 15.7. The summed E-state index contributed by atoms with van der Waals surface area (Å²) in [6.07, 6.45) is 70.2. The quantitative estimate of drug-likeness (QED) is 0.257. The molecule has 0 radical (unpaired) electrons. The van der Waals surface area contributed by atoms with E-state index in [1.807, 2.05) is 5.57 Å². The maximum atomic E-state index is 6.58. The first-order valence-corrected chi connectivity index (χ1v) is 26.7. The fourth-order valence-corrected chi connectivity index (χ4v) is 16.9. The van der Waals surface area contributed by atoms with Crippen LogP contribution in [0.4, 0.5) is 0 Å². The lowest BCUT2D eigenvalue weighted by molar-refractivity contribution is 0.107. The Labute approximate surface area is 384 Å². The van der Waals surface area contributed by atoms with Gasteiger partial charge in [0.05, 0.1) is 36.3 Å². The molecule has 0 aromatic carbocycles. The maximum absolute atomic E-state index is 6.58. The molecule has 0 N–H and O–H groups in total. The molecule has 332 valence electrons. The fraction of sp³-hybridized carbons (Fsp3) is 0.567. The molecule has 0 spiro atoms. The van der Waals surface area contributed by atoms with Gasteiger partial charge in [-0.2, -0.15) is 0 Å². The van der Waals surface area contributed by atoms with Crippen molar-refractivity contribution >= 4 is 0 Å². The lowest BCUT2D eigenvalue weighted by atomic mass is 9.67. The highest BCUT2D eigenvalue weighted by molar-refractivity contribution is 5.44. The Morgan fingerprint density at radius 3 is 2.09 bits per heavy atom. The topological polar surface area (TPSA) is 19.0 Å². The zero-order chi connectivity index (χ0) is 41.9. The average Bonchev–Trinajstić information content (AvgIpc) is 4.10. The van der Waals surface area contributed by atoms with Crippen molar-refractivity contribution < 1.29 is 4.74 Å². The molecule has 0 aromatic heterocycles. The van der Waals surface area contributed by atoms with Crippen LogP contribution in [0, 0.1) is 47.3 Å². The molecule has 64 heavy (non-hydrogen) atoms. The molecule has 15 atom stereocenters. The number of ether oxygens (including phenoxy) is 1. The fourth-order valence-electron chi connectivity index (χ4n) is 16.9. The summed E-state index contributed by atoms with van der Waals surface area (Å²) in [6, 6.07) is 3.32. The Morgan fingerprint density at radius 2 is 1.28 bits per heavy atom. The highest BCUT2D eigenvalue weighted by atomic mass is 16.5. The van der Waals surface area contributed by atoms with Crippen LogP contribution in [0.15, 0.2) is 155 Å². The maximum Gasteiger partial charge on any atom is 0.109 e. The summed E-state index contributed by atoms with van der Waals surface area (Å²) >= 11 is 0. The zero-order valence-electron chi connectivity index (χ0n) is 38.2. The van der Waals surface area contributed by atoms with Crippen LogP contribution in [0.1, 0.15) is 122 Å². The minimum Gasteiger partial charge on any atom is -0.493 e. The van der Waals surface area contributed by atoms with Crippen LogP contribution in [0.5, 0.6) is 0 Å². The van der Waals surface area contributed by atoms with Gasteiger partial charge in [0.1, 0.15) is 11.9 Å². The molecule has 0 bridgehead atoms. The van der Waals surface area contributed by atoms with Gasteiger partial charge in [-0.05, 0) is 175 Å². The number of allylic oxidation sites excluding steroid dienone is 18. The van der Waals surface area contributed by atoms with Gasteiger partial charge >= 0.3 is 0 Å². The third-order valence-corrected chi connectivity index (χ3v) is 19.7. The number of likely N-dealkylation sites (tertiary alicyclic amines) is 3. The molecule has 4 aliphatic heterocycles. The van der Waals surface area contributed by atoms with Crippen LogP contribution in [0.2, 0.25) is 0 Å². The van der Waals surface area contributed by atoms with Crippen LogP contribution in [0.25, 0.3) is 0 Å². The van der Waals surface area contributed by atoms with E-state index in [2.05, 4.69) is 124 Å². The third kappa shape index (κ3) is 6.18. The lowest BCUT2D eigenvalue weighted by Gasteiger charge is -2.40. The van der Waals surface area contributed by atoms with E-state index in [1.165, 1.54) is 114 Å². The van der Waals surface area contributed by atoms with Crippen LogP contribution in [0.3, 0.4) is 0 Å². The van der Waals surface area contributed by atoms with Crippen LogP contribution >= 0.6 is 0 Å². The first-order chi connectivity index (χ1) is 31.7. The van der Waals surface area contributed by atoms with E-state index in [9.17, 15) is 0 Å². The molecule has 0 amide bonds. The Morgan fingerprint density at radius 1 is 0.516 bits per heavy atom. The van der Waals surface area contributed by atoms with Gasteiger partial charge in [-0.25, -0.2) is 0 Å². The Balaban J connectivity index is 0.734. The standard InChI is InChI=1S/C60H71N3O/c1-3-13-42(14-4-1)61-53-20-10-7-17-45(53)47-28-23-40(35-57(47)61)41-24-29-48-51-34-39(25-30-55(51)62(58(48)36-41)43-15-5-2-6-16-43)38-26-31-56-50(33-38)46-18-8-11-21-54(46)63(56)44-27-32-60-52(37-44)49-19-9-12-22-59(49)64-60/h1-3,5,9-11,13,15,19-21,25,28,30,33,36-40,45-46,48-49,51,53-59H,4,6-8,12,14,16-18,22-24,26-27,29,31-32,34-35H2. The van der Waals surface area contributed by atoms with Crippen molar-refractivity contribution in [2.24, 2.45) is 47.3 Å². The van der Waals surface area contributed by atoms with E-state index in [0.717, 1.165) is 37.0 Å². The van der Waals surface area contributed by atoms with Crippen molar-refractivity contribution in [3.63, 3.8) is 0 Å². The second-order valence-electron chi connectivity index (χ2n) is 22.6. The summed E-state index contributed by atoms with van der Waals surface area (Å²) in [4.78, 5) is 8.84. The largest absolute Gasteiger partial charge is 0.493 e. The van der Waals surface area contributed by atoms with E-state index >= 15 is 0 Å². The van der Waals surface area contributed by atoms with Gasteiger partial charge < -0.3 is 19.4 Å². The predicted molar refractivity (Wildman–Crippen MR) is 259 cm³/mol. The summed E-state index contributed by atoms with van der Waals surface area (Å²) in [5, 5.41) is 0. The smallest absolute Gasteiger partial charge is 0.109 e. The lowest BCUT2D eigenvalue weighted by Crippen LogP contribution is -2.40. The van der Waals surface area contributed by atoms with Crippen LogP contribution in [-0.2, 0) is 4.74 Å². The summed E-state index contributed by atoms with van der Waals surface area (Å²) in [5.41, 5.74) is 11.7. The van der Waals surface area contributed by atoms with Gasteiger partial charge in [0.2, 0.25) is 0 Å². The van der Waals surface area contributed by atoms with Gasteiger partial charge in [-0.15, -0.1) is 0 Å². The van der Waals surface area contributed by atoms with Gasteiger partial charge in [-0.1, -0.05) is 96.7 Å². The summed E-state index contributed by atoms with van der Waals surface area (Å²) in [7, 11) is 0. The minimum absolute atomic E-state index is 0.371. The van der Waals surface area contributed by atoms with Crippen LogP contribution < -0.4 is 0 Å². The van der Waals surface area contributed by atoms with Gasteiger partial charge in [0, 0.05) is 46.8 Å². The first kappa shape index (κ1) is 39.0. The molecule has 0 aromatic rings. The molecule has 4 heterocycles. The highest BCUT2D eigenvalue weighted by Crippen LogP contribution is 2.57. The minimum atomic E-state index is 0.371. The number of hydrogen-bond acceptors (Lipinski definition) is 4. The monoisotopic (exact) mass is 850 g/mol. The van der Waals surface area contributed by atoms with Crippen molar-refractivity contribution in [2.45, 2.75) is 164 Å².